The second-order valence-corrected chi connectivity index (χ2v) is 7.96. The molecule has 3 nitrogen and oxygen atoms in total. The van der Waals surface area contributed by atoms with E-state index in [4.69, 9.17) is 10.1 Å². The Morgan fingerprint density at radius 1 is 0.677 bits per heavy atom. The standard InChI is InChI=1S/C28H21N3/c1-19-26-28(31(30-19)18-20-10-3-2-4-11-20)25-16-8-7-15-24(25)27(29-26)23-17-9-13-21-12-5-6-14-22(21)23/h2-17H,18H2,1H3. The van der Waals surface area contributed by atoms with Crippen molar-refractivity contribution < 1.29 is 0 Å². The molecule has 0 saturated carbocycles. The summed E-state index contributed by atoms with van der Waals surface area (Å²) in [5.41, 5.74) is 6.43. The summed E-state index contributed by atoms with van der Waals surface area (Å²) in [6.45, 7) is 2.78. The third kappa shape index (κ3) is 2.89. The lowest BCUT2D eigenvalue weighted by Gasteiger charge is -2.12. The van der Waals surface area contributed by atoms with Crippen LogP contribution >= 0.6 is 0 Å². The molecule has 4 aromatic carbocycles. The van der Waals surface area contributed by atoms with Gasteiger partial charge in [0.1, 0.15) is 5.52 Å². The third-order valence-electron chi connectivity index (χ3n) is 5.98. The van der Waals surface area contributed by atoms with Crippen LogP contribution in [0.25, 0.3) is 43.8 Å². The minimum absolute atomic E-state index is 0.727. The highest BCUT2D eigenvalue weighted by atomic mass is 15.3. The number of aromatic nitrogens is 3. The van der Waals surface area contributed by atoms with Crippen LogP contribution in [0, 0.1) is 6.92 Å². The number of pyridine rings is 1. The molecule has 6 rings (SSSR count). The molecule has 2 aromatic heterocycles. The maximum Gasteiger partial charge on any atom is 0.113 e. The van der Waals surface area contributed by atoms with Crippen LogP contribution in [-0.2, 0) is 6.54 Å². The Hall–Kier alpha value is -3.98. The molecule has 0 bridgehead atoms. The molecule has 2 heterocycles. The van der Waals surface area contributed by atoms with Crippen molar-refractivity contribution in [3.63, 3.8) is 0 Å². The summed E-state index contributed by atoms with van der Waals surface area (Å²) in [7, 11) is 0. The van der Waals surface area contributed by atoms with Crippen LogP contribution in [0.2, 0.25) is 0 Å². The van der Waals surface area contributed by atoms with E-state index in [1.807, 2.05) is 6.07 Å². The molecule has 0 aliphatic rings. The Balaban J connectivity index is 1.67. The Morgan fingerprint density at radius 2 is 1.35 bits per heavy atom. The number of hydrogen-bond acceptors (Lipinski definition) is 2. The predicted molar refractivity (Wildman–Crippen MR) is 128 cm³/mol. The predicted octanol–water partition coefficient (Wildman–Crippen LogP) is 6.76. The molecular formula is C28H21N3. The van der Waals surface area contributed by atoms with Crippen molar-refractivity contribution >= 4 is 32.6 Å². The van der Waals surface area contributed by atoms with Gasteiger partial charge in [0.2, 0.25) is 0 Å². The van der Waals surface area contributed by atoms with E-state index in [1.165, 1.54) is 21.7 Å². The first-order valence-corrected chi connectivity index (χ1v) is 10.6. The first-order chi connectivity index (χ1) is 15.3. The van der Waals surface area contributed by atoms with Gasteiger partial charge in [0.25, 0.3) is 0 Å². The van der Waals surface area contributed by atoms with E-state index in [0.29, 0.717) is 0 Å². The van der Waals surface area contributed by atoms with Crippen molar-refractivity contribution in [2.75, 3.05) is 0 Å². The molecule has 0 radical (unpaired) electrons. The molecule has 0 atom stereocenters. The normalized spacial score (nSPS) is 11.5. The molecule has 0 saturated heterocycles. The average molecular weight is 399 g/mol. The monoisotopic (exact) mass is 399 g/mol. The largest absolute Gasteiger partial charge is 0.258 e. The van der Waals surface area contributed by atoms with Gasteiger partial charge < -0.3 is 0 Å². The molecule has 0 aliphatic heterocycles. The van der Waals surface area contributed by atoms with Gasteiger partial charge in [-0.25, -0.2) is 4.98 Å². The summed E-state index contributed by atoms with van der Waals surface area (Å²) in [5, 5.41) is 9.67. The summed E-state index contributed by atoms with van der Waals surface area (Å²) >= 11 is 0. The van der Waals surface area contributed by atoms with Crippen LogP contribution < -0.4 is 0 Å². The molecule has 0 aliphatic carbocycles. The molecule has 0 amide bonds. The highest BCUT2D eigenvalue weighted by Crippen LogP contribution is 2.36. The second kappa shape index (κ2) is 7.06. The van der Waals surface area contributed by atoms with Crippen LogP contribution in [0.1, 0.15) is 11.3 Å². The fourth-order valence-electron chi connectivity index (χ4n) is 4.55. The minimum Gasteiger partial charge on any atom is -0.258 e. The van der Waals surface area contributed by atoms with E-state index >= 15 is 0 Å². The summed E-state index contributed by atoms with van der Waals surface area (Å²) in [6, 6.07) is 34.0. The first-order valence-electron chi connectivity index (χ1n) is 10.6. The van der Waals surface area contributed by atoms with Crippen LogP contribution in [0.4, 0.5) is 0 Å². The Labute approximate surface area is 180 Å². The zero-order valence-electron chi connectivity index (χ0n) is 17.3. The molecule has 148 valence electrons. The van der Waals surface area contributed by atoms with Gasteiger partial charge in [-0.15, -0.1) is 0 Å². The molecular weight excluding hydrogens is 378 g/mol. The quantitative estimate of drug-likeness (QED) is 0.329. The van der Waals surface area contributed by atoms with Crippen LogP contribution in [-0.4, -0.2) is 14.8 Å². The van der Waals surface area contributed by atoms with E-state index in [0.717, 1.165) is 39.9 Å². The highest BCUT2D eigenvalue weighted by molar-refractivity contribution is 6.12. The van der Waals surface area contributed by atoms with Gasteiger partial charge in [0.15, 0.2) is 0 Å². The number of hydrogen-bond donors (Lipinski definition) is 0. The summed E-state index contributed by atoms with van der Waals surface area (Å²) in [5.74, 6) is 0. The molecule has 3 heteroatoms. The molecule has 0 unspecified atom stereocenters. The van der Waals surface area contributed by atoms with Gasteiger partial charge in [0, 0.05) is 16.3 Å². The molecule has 31 heavy (non-hydrogen) atoms. The molecule has 0 fully saturated rings. The zero-order valence-corrected chi connectivity index (χ0v) is 17.3. The van der Waals surface area contributed by atoms with Crippen molar-refractivity contribution in [1.29, 1.82) is 0 Å². The van der Waals surface area contributed by atoms with Crippen molar-refractivity contribution in [1.82, 2.24) is 14.8 Å². The molecule has 0 N–H and O–H groups in total. The second-order valence-electron chi connectivity index (χ2n) is 7.96. The Morgan fingerprint density at radius 3 is 2.19 bits per heavy atom. The van der Waals surface area contributed by atoms with Gasteiger partial charge in [-0.2, -0.15) is 5.10 Å². The van der Waals surface area contributed by atoms with Crippen LogP contribution in [0.3, 0.4) is 0 Å². The van der Waals surface area contributed by atoms with Crippen molar-refractivity contribution in [3.05, 3.63) is 108 Å². The lowest BCUT2D eigenvalue weighted by atomic mass is 9.97. The van der Waals surface area contributed by atoms with E-state index in [1.54, 1.807) is 0 Å². The lowest BCUT2D eigenvalue weighted by Crippen LogP contribution is -2.02. The highest BCUT2D eigenvalue weighted by Gasteiger charge is 2.18. The summed E-state index contributed by atoms with van der Waals surface area (Å²) in [4.78, 5) is 5.20. The fraction of sp³-hybridized carbons (Fsp3) is 0.0714. The Kier molecular flexibility index (Phi) is 4.07. The van der Waals surface area contributed by atoms with Gasteiger partial charge in [-0.1, -0.05) is 97.1 Å². The topological polar surface area (TPSA) is 30.7 Å². The minimum atomic E-state index is 0.727. The van der Waals surface area contributed by atoms with Gasteiger partial charge in [0.05, 0.1) is 23.4 Å². The third-order valence-corrected chi connectivity index (χ3v) is 5.98. The fourth-order valence-corrected chi connectivity index (χ4v) is 4.55. The summed E-state index contributed by atoms with van der Waals surface area (Å²) < 4.78 is 2.10. The number of rotatable bonds is 3. The van der Waals surface area contributed by atoms with Gasteiger partial charge >= 0.3 is 0 Å². The average Bonchev–Trinajstić information content (AvgIpc) is 3.14. The molecule has 6 aromatic rings. The van der Waals surface area contributed by atoms with E-state index in [-0.39, 0.29) is 0 Å². The molecule has 0 spiro atoms. The lowest BCUT2D eigenvalue weighted by molar-refractivity contribution is 0.705. The SMILES string of the molecule is Cc1nn(Cc2ccccc2)c2c1nc(-c1cccc3ccccc13)c1ccccc12. The first kappa shape index (κ1) is 17.8. The van der Waals surface area contributed by atoms with Crippen molar-refractivity contribution in [2.24, 2.45) is 0 Å². The van der Waals surface area contributed by atoms with Gasteiger partial charge in [-0.05, 0) is 23.3 Å². The number of benzene rings is 4. The number of aryl methyl sites for hydroxylation is 1. The van der Waals surface area contributed by atoms with E-state index in [9.17, 15) is 0 Å². The van der Waals surface area contributed by atoms with E-state index in [2.05, 4.69) is 103 Å². The number of fused-ring (bicyclic) bond motifs is 4. The maximum atomic E-state index is 5.20. The summed E-state index contributed by atoms with van der Waals surface area (Å²) in [6.07, 6.45) is 0. The number of nitrogens with zero attached hydrogens (tertiary/aromatic N) is 3. The maximum absolute atomic E-state index is 5.20. The van der Waals surface area contributed by atoms with E-state index < -0.39 is 0 Å². The van der Waals surface area contributed by atoms with Crippen molar-refractivity contribution in [3.8, 4) is 11.3 Å². The van der Waals surface area contributed by atoms with Crippen LogP contribution in [0.5, 0.6) is 0 Å². The van der Waals surface area contributed by atoms with Gasteiger partial charge in [-0.3, -0.25) is 4.68 Å². The smallest absolute Gasteiger partial charge is 0.113 e. The van der Waals surface area contributed by atoms with Crippen LogP contribution in [0.15, 0.2) is 97.1 Å². The Bertz CT molecular complexity index is 1560. The zero-order chi connectivity index (χ0) is 20.8. The van der Waals surface area contributed by atoms with Crippen molar-refractivity contribution in [2.45, 2.75) is 13.5 Å².